The van der Waals surface area contributed by atoms with Gasteiger partial charge in [0.05, 0.1) is 5.69 Å². The van der Waals surface area contributed by atoms with E-state index in [1.165, 1.54) is 18.3 Å². The van der Waals surface area contributed by atoms with Crippen molar-refractivity contribution in [1.29, 1.82) is 0 Å². The largest absolute Gasteiger partial charge is 0.458 e. The van der Waals surface area contributed by atoms with Crippen molar-refractivity contribution in [3.8, 4) is 0 Å². The molecule has 1 aromatic rings. The van der Waals surface area contributed by atoms with E-state index >= 15 is 0 Å². The molecule has 18 heavy (non-hydrogen) atoms. The number of aromatic nitrogens is 1. The van der Waals surface area contributed by atoms with Crippen LogP contribution < -0.4 is 16.4 Å². The van der Waals surface area contributed by atoms with Crippen LogP contribution in [-0.4, -0.2) is 29.4 Å². The van der Waals surface area contributed by atoms with Gasteiger partial charge >= 0.3 is 12.0 Å². The molecule has 0 fully saturated rings. The third-order valence-electron chi connectivity index (χ3n) is 1.62. The molecule has 0 aromatic carbocycles. The molecule has 4 N–H and O–H groups in total. The molecule has 0 saturated heterocycles. The molecular formula is C9H12N4O4S. The number of primary amides is 1. The molecule has 0 unspecified atom stereocenters. The summed E-state index contributed by atoms with van der Waals surface area (Å²) in [7, 11) is 0. The molecule has 0 atom stereocenters. The number of hydrogen-bond donors (Lipinski definition) is 3. The molecule has 0 radical (unpaired) electrons. The monoisotopic (exact) mass is 272 g/mol. The van der Waals surface area contributed by atoms with Gasteiger partial charge in [0.1, 0.15) is 13.2 Å². The topological polar surface area (TPSA) is 123 Å². The number of esters is 1. The lowest BCUT2D eigenvalue weighted by Crippen LogP contribution is -2.34. The van der Waals surface area contributed by atoms with Crippen LogP contribution in [0.5, 0.6) is 0 Å². The summed E-state index contributed by atoms with van der Waals surface area (Å²) in [6, 6.07) is -0.798. The van der Waals surface area contributed by atoms with Crippen molar-refractivity contribution in [3.63, 3.8) is 0 Å². The number of anilines is 1. The molecule has 0 bridgehead atoms. The molecule has 3 amide bonds. The van der Waals surface area contributed by atoms with E-state index < -0.39 is 12.0 Å². The Labute approximate surface area is 107 Å². The number of rotatable bonds is 5. The molecule has 1 rings (SSSR count). The molecule has 1 aromatic heterocycles. The van der Waals surface area contributed by atoms with Gasteiger partial charge in [-0.05, 0) is 0 Å². The first-order valence-corrected chi connectivity index (χ1v) is 5.76. The maximum Gasteiger partial charge on any atom is 0.325 e. The van der Waals surface area contributed by atoms with E-state index in [4.69, 9.17) is 10.5 Å². The minimum atomic E-state index is -0.798. The molecule has 1 heterocycles. The van der Waals surface area contributed by atoms with E-state index in [0.717, 1.165) is 0 Å². The molecule has 8 nitrogen and oxygen atoms in total. The van der Waals surface area contributed by atoms with Crippen molar-refractivity contribution >= 4 is 34.4 Å². The standard InChI is InChI=1S/C9H12N4O4S/c1-5(14)12-9-13-6(4-18-9)3-17-7(15)2-11-8(10)16/h4H,2-3H2,1H3,(H3,10,11,16)(H,12,13,14). The van der Waals surface area contributed by atoms with Crippen LogP contribution in [0.15, 0.2) is 5.38 Å². The average Bonchev–Trinajstić information content (AvgIpc) is 2.70. The zero-order chi connectivity index (χ0) is 13.5. The minimum absolute atomic E-state index is 0.0324. The van der Waals surface area contributed by atoms with E-state index in [-0.39, 0.29) is 19.1 Å². The van der Waals surface area contributed by atoms with E-state index in [0.29, 0.717) is 10.8 Å². The number of thiazole rings is 1. The Balaban J connectivity index is 2.34. The van der Waals surface area contributed by atoms with Crippen LogP contribution in [0.2, 0.25) is 0 Å². The third-order valence-corrected chi connectivity index (χ3v) is 2.43. The fourth-order valence-electron chi connectivity index (χ4n) is 0.946. The molecular weight excluding hydrogens is 260 g/mol. The summed E-state index contributed by atoms with van der Waals surface area (Å²) in [5, 5.41) is 6.70. The predicted octanol–water partition coefficient (Wildman–Crippen LogP) is -0.187. The summed E-state index contributed by atoms with van der Waals surface area (Å²) in [6.45, 7) is 1.05. The maximum atomic E-state index is 11.1. The second-order valence-corrected chi connectivity index (χ2v) is 4.06. The van der Waals surface area contributed by atoms with Crippen molar-refractivity contribution in [1.82, 2.24) is 10.3 Å². The van der Waals surface area contributed by atoms with Crippen LogP contribution in [0, 0.1) is 0 Å². The normalized spacial score (nSPS) is 9.61. The average molecular weight is 272 g/mol. The summed E-state index contributed by atoms with van der Waals surface area (Å²) in [5.74, 6) is -0.846. The van der Waals surface area contributed by atoms with Gasteiger partial charge in [0.2, 0.25) is 5.91 Å². The Bertz CT molecular complexity index is 459. The van der Waals surface area contributed by atoms with Crippen LogP contribution in [0.1, 0.15) is 12.6 Å². The molecule has 0 aliphatic heterocycles. The Morgan fingerprint density at radius 2 is 2.22 bits per heavy atom. The highest BCUT2D eigenvalue weighted by Gasteiger charge is 2.07. The predicted molar refractivity (Wildman–Crippen MR) is 63.8 cm³/mol. The second-order valence-electron chi connectivity index (χ2n) is 3.20. The van der Waals surface area contributed by atoms with Crippen molar-refractivity contribution < 1.29 is 19.1 Å². The first kappa shape index (κ1) is 13.9. The number of ether oxygens (including phenoxy) is 1. The maximum absolute atomic E-state index is 11.1. The third kappa shape index (κ3) is 5.25. The number of nitrogens with two attached hydrogens (primary N) is 1. The van der Waals surface area contributed by atoms with Crippen molar-refractivity contribution in [2.75, 3.05) is 11.9 Å². The lowest BCUT2D eigenvalue weighted by molar-refractivity contribution is -0.143. The van der Waals surface area contributed by atoms with E-state index in [1.54, 1.807) is 5.38 Å². The van der Waals surface area contributed by atoms with Gasteiger partial charge in [-0.15, -0.1) is 11.3 Å². The van der Waals surface area contributed by atoms with Gasteiger partial charge in [-0.2, -0.15) is 0 Å². The lowest BCUT2D eigenvalue weighted by Gasteiger charge is -2.02. The number of urea groups is 1. The first-order chi connectivity index (χ1) is 8.47. The Morgan fingerprint density at radius 1 is 1.50 bits per heavy atom. The van der Waals surface area contributed by atoms with Crippen molar-refractivity contribution in [2.45, 2.75) is 13.5 Å². The Kier molecular flexibility index (Phi) is 5.06. The molecule has 9 heteroatoms. The number of nitrogens with zero attached hydrogens (tertiary/aromatic N) is 1. The number of carbonyl (C=O) groups is 3. The van der Waals surface area contributed by atoms with E-state index in [1.807, 2.05) is 0 Å². The molecule has 0 aliphatic rings. The first-order valence-electron chi connectivity index (χ1n) is 4.88. The zero-order valence-electron chi connectivity index (χ0n) is 9.56. The van der Waals surface area contributed by atoms with E-state index in [2.05, 4.69) is 15.6 Å². The molecule has 0 spiro atoms. The van der Waals surface area contributed by atoms with Gasteiger partial charge in [0, 0.05) is 12.3 Å². The Hall–Kier alpha value is -2.16. The van der Waals surface area contributed by atoms with Gasteiger partial charge in [-0.25, -0.2) is 9.78 Å². The van der Waals surface area contributed by atoms with Gasteiger partial charge in [0.15, 0.2) is 5.13 Å². The highest BCUT2D eigenvalue weighted by molar-refractivity contribution is 7.13. The Morgan fingerprint density at radius 3 is 2.83 bits per heavy atom. The number of nitrogens with one attached hydrogen (secondary N) is 2. The summed E-state index contributed by atoms with van der Waals surface area (Å²) in [4.78, 5) is 36.2. The quantitative estimate of drug-likeness (QED) is 0.641. The number of amides is 3. The van der Waals surface area contributed by atoms with Crippen LogP contribution >= 0.6 is 11.3 Å². The molecule has 0 saturated carbocycles. The van der Waals surface area contributed by atoms with Crippen molar-refractivity contribution in [2.24, 2.45) is 5.73 Å². The molecule has 98 valence electrons. The van der Waals surface area contributed by atoms with E-state index in [9.17, 15) is 14.4 Å². The van der Waals surface area contributed by atoms with Gasteiger partial charge in [-0.1, -0.05) is 0 Å². The van der Waals surface area contributed by atoms with Gasteiger partial charge < -0.3 is 21.1 Å². The highest BCUT2D eigenvalue weighted by Crippen LogP contribution is 2.15. The number of carbonyl (C=O) groups excluding carboxylic acids is 3. The summed E-state index contributed by atoms with van der Waals surface area (Å²) < 4.78 is 4.82. The molecule has 0 aliphatic carbocycles. The fourth-order valence-corrected chi connectivity index (χ4v) is 1.69. The highest BCUT2D eigenvalue weighted by atomic mass is 32.1. The van der Waals surface area contributed by atoms with Crippen LogP contribution in [0.3, 0.4) is 0 Å². The summed E-state index contributed by atoms with van der Waals surface area (Å²) >= 11 is 1.22. The SMILES string of the molecule is CC(=O)Nc1nc(COC(=O)CNC(N)=O)cs1. The van der Waals surface area contributed by atoms with Crippen LogP contribution in [-0.2, 0) is 20.9 Å². The van der Waals surface area contributed by atoms with Gasteiger partial charge in [0.25, 0.3) is 0 Å². The lowest BCUT2D eigenvalue weighted by atomic mass is 10.5. The number of hydrogen-bond acceptors (Lipinski definition) is 6. The van der Waals surface area contributed by atoms with Gasteiger partial charge in [-0.3, -0.25) is 9.59 Å². The fraction of sp³-hybridized carbons (Fsp3) is 0.333. The minimum Gasteiger partial charge on any atom is -0.458 e. The smallest absolute Gasteiger partial charge is 0.325 e. The second kappa shape index (κ2) is 6.55. The van der Waals surface area contributed by atoms with Crippen LogP contribution in [0.4, 0.5) is 9.93 Å². The zero-order valence-corrected chi connectivity index (χ0v) is 10.4. The summed E-state index contributed by atoms with van der Waals surface area (Å²) in [5.41, 5.74) is 5.30. The summed E-state index contributed by atoms with van der Waals surface area (Å²) in [6.07, 6.45) is 0. The van der Waals surface area contributed by atoms with Crippen LogP contribution in [0.25, 0.3) is 0 Å². The van der Waals surface area contributed by atoms with Crippen molar-refractivity contribution in [3.05, 3.63) is 11.1 Å².